The fraction of sp³-hybridized carbons (Fsp3) is 0.447. The second-order valence-electron chi connectivity index (χ2n) is 15.7. The lowest BCUT2D eigenvalue weighted by Crippen LogP contribution is -2.21. The van der Waals surface area contributed by atoms with Gasteiger partial charge in [0.15, 0.2) is 0 Å². The monoisotopic (exact) mass is 552 g/mol. The van der Waals surface area contributed by atoms with Crippen LogP contribution in [-0.2, 0) is 28.3 Å². The SMILES string of the molecule is CC(C)(C)c1cc2c(C(C)(C)C)cccc2c(-c2c(C(=O)O)c(C(C)(C)C)cc3c(C(C)(C)C)cccc23)c1CO. The molecule has 41 heavy (non-hydrogen) atoms. The van der Waals surface area contributed by atoms with E-state index in [-0.39, 0.29) is 22.9 Å². The molecule has 0 saturated heterocycles. The van der Waals surface area contributed by atoms with Crippen molar-refractivity contribution in [2.75, 3.05) is 0 Å². The number of aromatic carboxylic acids is 1. The van der Waals surface area contributed by atoms with Gasteiger partial charge in [0.2, 0.25) is 0 Å². The first-order chi connectivity index (χ1) is 18.7. The predicted octanol–water partition coefficient (Wildman–Crippen LogP) is 10.0. The van der Waals surface area contributed by atoms with Crippen LogP contribution >= 0.6 is 0 Å². The Hall–Kier alpha value is -3.17. The molecule has 0 unspecified atom stereocenters. The van der Waals surface area contributed by atoms with Gasteiger partial charge in [-0.25, -0.2) is 4.79 Å². The summed E-state index contributed by atoms with van der Waals surface area (Å²) in [5, 5.41) is 26.1. The number of benzene rings is 4. The Labute approximate surface area is 246 Å². The number of rotatable bonds is 3. The molecular formula is C38H48O3. The number of carboxylic acids is 1. The Morgan fingerprint density at radius 3 is 1.32 bits per heavy atom. The molecule has 0 aromatic heterocycles. The van der Waals surface area contributed by atoms with Gasteiger partial charge in [0.05, 0.1) is 12.2 Å². The van der Waals surface area contributed by atoms with Crippen LogP contribution in [0.2, 0.25) is 0 Å². The minimum atomic E-state index is -0.946. The average Bonchev–Trinajstić information content (AvgIpc) is 2.83. The van der Waals surface area contributed by atoms with Crippen molar-refractivity contribution >= 4 is 27.5 Å². The van der Waals surface area contributed by atoms with Crippen LogP contribution in [0.4, 0.5) is 0 Å². The standard InChI is InChI=1S/C38H48O3/c1-35(2,3)27-17-13-15-22-24(27)19-29(37(7,8)9)26(21-39)31(22)32-23-16-14-18-28(36(4,5)6)25(23)20-30(38(10,11)12)33(32)34(40)41/h13-20,39H,21H2,1-12H3,(H,40,41). The first-order valence-electron chi connectivity index (χ1n) is 14.7. The van der Waals surface area contributed by atoms with Crippen LogP contribution in [0, 0.1) is 0 Å². The van der Waals surface area contributed by atoms with E-state index in [0.717, 1.165) is 43.8 Å². The highest BCUT2D eigenvalue weighted by Gasteiger charge is 2.33. The van der Waals surface area contributed by atoms with E-state index < -0.39 is 11.4 Å². The van der Waals surface area contributed by atoms with Crippen LogP contribution in [0.15, 0.2) is 48.5 Å². The number of hydrogen-bond acceptors (Lipinski definition) is 2. The molecule has 2 N–H and O–H groups in total. The zero-order chi connectivity index (χ0) is 30.9. The van der Waals surface area contributed by atoms with E-state index in [1.54, 1.807) is 0 Å². The summed E-state index contributed by atoms with van der Waals surface area (Å²) in [5.41, 5.74) is 5.90. The summed E-state index contributed by atoms with van der Waals surface area (Å²) in [6.07, 6.45) is 0. The molecule has 218 valence electrons. The van der Waals surface area contributed by atoms with E-state index in [4.69, 9.17) is 0 Å². The number of aliphatic hydroxyl groups excluding tert-OH is 1. The van der Waals surface area contributed by atoms with Gasteiger partial charge in [-0.1, -0.05) is 119 Å². The molecule has 0 aliphatic rings. The number of carbonyl (C=O) groups is 1. The average molecular weight is 553 g/mol. The third kappa shape index (κ3) is 5.42. The fourth-order valence-electron chi connectivity index (χ4n) is 6.39. The summed E-state index contributed by atoms with van der Waals surface area (Å²) < 4.78 is 0. The lowest BCUT2D eigenvalue weighted by atomic mass is 9.72. The second kappa shape index (κ2) is 9.98. The van der Waals surface area contributed by atoms with Crippen LogP contribution in [0.1, 0.15) is 121 Å². The molecule has 0 amide bonds. The molecule has 0 aliphatic carbocycles. The maximum absolute atomic E-state index is 13.4. The summed E-state index contributed by atoms with van der Waals surface area (Å²) in [4.78, 5) is 13.4. The van der Waals surface area contributed by atoms with Crippen molar-refractivity contribution in [3.63, 3.8) is 0 Å². The maximum atomic E-state index is 13.4. The van der Waals surface area contributed by atoms with Gasteiger partial charge in [-0.05, 0) is 88.7 Å². The first-order valence-corrected chi connectivity index (χ1v) is 14.7. The Bertz CT molecular complexity index is 1660. The molecule has 0 aliphatic heterocycles. The largest absolute Gasteiger partial charge is 0.478 e. The predicted molar refractivity (Wildman–Crippen MR) is 175 cm³/mol. The van der Waals surface area contributed by atoms with Crippen LogP contribution in [-0.4, -0.2) is 16.2 Å². The van der Waals surface area contributed by atoms with Crippen LogP contribution in [0.5, 0.6) is 0 Å². The van der Waals surface area contributed by atoms with Gasteiger partial charge in [0, 0.05) is 5.56 Å². The van der Waals surface area contributed by atoms with E-state index in [9.17, 15) is 15.0 Å². The van der Waals surface area contributed by atoms with Crippen LogP contribution < -0.4 is 0 Å². The quantitative estimate of drug-likeness (QED) is 0.266. The van der Waals surface area contributed by atoms with Gasteiger partial charge in [-0.3, -0.25) is 0 Å². The molecule has 0 atom stereocenters. The molecule has 0 radical (unpaired) electrons. The maximum Gasteiger partial charge on any atom is 0.336 e. The lowest BCUT2D eigenvalue weighted by molar-refractivity contribution is 0.0695. The number of aliphatic hydroxyl groups is 1. The molecule has 0 spiro atoms. The van der Waals surface area contributed by atoms with Crippen molar-refractivity contribution in [2.24, 2.45) is 0 Å². The number of carboxylic acid groups (broad SMARTS) is 1. The molecule has 0 fully saturated rings. The van der Waals surface area contributed by atoms with Crippen molar-refractivity contribution in [1.82, 2.24) is 0 Å². The van der Waals surface area contributed by atoms with Crippen LogP contribution in [0.25, 0.3) is 32.7 Å². The van der Waals surface area contributed by atoms with Gasteiger partial charge in [0.25, 0.3) is 0 Å². The van der Waals surface area contributed by atoms with Crippen molar-refractivity contribution in [3.05, 3.63) is 81.9 Å². The zero-order valence-electron chi connectivity index (χ0n) is 27.1. The summed E-state index contributed by atoms with van der Waals surface area (Å²) in [7, 11) is 0. The van der Waals surface area contributed by atoms with E-state index in [2.05, 4.69) is 126 Å². The third-order valence-corrected chi connectivity index (χ3v) is 8.33. The topological polar surface area (TPSA) is 57.5 Å². The Balaban J connectivity index is 2.47. The van der Waals surface area contributed by atoms with E-state index in [1.807, 2.05) is 6.07 Å². The fourth-order valence-corrected chi connectivity index (χ4v) is 6.39. The summed E-state index contributed by atoms with van der Waals surface area (Å²) in [6.45, 7) is 25.8. The molecule has 4 aromatic rings. The van der Waals surface area contributed by atoms with Crippen molar-refractivity contribution in [2.45, 2.75) is 111 Å². The van der Waals surface area contributed by atoms with Crippen molar-refractivity contribution < 1.29 is 15.0 Å². The summed E-state index contributed by atoms with van der Waals surface area (Å²) in [6, 6.07) is 17.0. The van der Waals surface area contributed by atoms with E-state index >= 15 is 0 Å². The van der Waals surface area contributed by atoms with Gasteiger partial charge in [-0.2, -0.15) is 0 Å². The molecule has 0 heterocycles. The Kier molecular flexibility index (Phi) is 7.49. The van der Waals surface area contributed by atoms with Crippen molar-refractivity contribution in [3.8, 4) is 11.1 Å². The van der Waals surface area contributed by atoms with E-state index in [1.165, 1.54) is 11.1 Å². The van der Waals surface area contributed by atoms with Gasteiger partial charge < -0.3 is 10.2 Å². The van der Waals surface area contributed by atoms with E-state index in [0.29, 0.717) is 11.1 Å². The van der Waals surface area contributed by atoms with Gasteiger partial charge in [-0.15, -0.1) is 0 Å². The normalized spacial score (nSPS) is 13.3. The number of hydrogen-bond donors (Lipinski definition) is 2. The molecular weight excluding hydrogens is 504 g/mol. The highest BCUT2D eigenvalue weighted by atomic mass is 16.4. The molecule has 3 nitrogen and oxygen atoms in total. The molecule has 4 aromatic carbocycles. The minimum Gasteiger partial charge on any atom is -0.478 e. The summed E-state index contributed by atoms with van der Waals surface area (Å²) in [5.74, 6) is -0.946. The third-order valence-electron chi connectivity index (χ3n) is 8.33. The molecule has 0 saturated carbocycles. The van der Waals surface area contributed by atoms with Crippen molar-refractivity contribution in [1.29, 1.82) is 0 Å². The van der Waals surface area contributed by atoms with Gasteiger partial charge >= 0.3 is 5.97 Å². The highest BCUT2D eigenvalue weighted by molar-refractivity contribution is 6.15. The molecule has 3 heteroatoms. The highest BCUT2D eigenvalue weighted by Crippen LogP contribution is 2.48. The zero-order valence-corrected chi connectivity index (χ0v) is 27.1. The van der Waals surface area contributed by atoms with Crippen LogP contribution in [0.3, 0.4) is 0 Å². The Morgan fingerprint density at radius 2 is 0.951 bits per heavy atom. The molecule has 0 bridgehead atoms. The molecule has 4 rings (SSSR count). The minimum absolute atomic E-state index is 0.128. The first kappa shape index (κ1) is 30.8. The lowest BCUT2D eigenvalue weighted by Gasteiger charge is -2.32. The number of fused-ring (bicyclic) bond motifs is 2. The van der Waals surface area contributed by atoms with Gasteiger partial charge in [0.1, 0.15) is 0 Å². The Morgan fingerprint density at radius 1 is 0.561 bits per heavy atom. The summed E-state index contributed by atoms with van der Waals surface area (Å²) >= 11 is 0. The second-order valence-corrected chi connectivity index (χ2v) is 15.7. The smallest absolute Gasteiger partial charge is 0.336 e.